The molecule has 2 N–H and O–H groups in total. The van der Waals surface area contributed by atoms with Crippen LogP contribution in [0.2, 0.25) is 5.02 Å². The smallest absolute Gasteiger partial charge is 0.321 e. The van der Waals surface area contributed by atoms with Crippen molar-refractivity contribution >= 4 is 35.1 Å². The van der Waals surface area contributed by atoms with Gasteiger partial charge in [0.15, 0.2) is 0 Å². The minimum absolute atomic E-state index is 0.0176. The number of methoxy groups -OCH3 is 1. The van der Waals surface area contributed by atoms with E-state index in [4.69, 9.17) is 16.3 Å². The van der Waals surface area contributed by atoms with Gasteiger partial charge in [-0.2, -0.15) is 0 Å². The Balaban J connectivity index is 1.50. The molecule has 1 fully saturated rings. The lowest BCUT2D eigenvalue weighted by molar-refractivity contribution is -0.127. The molecule has 4 amide bonds. The number of carbonyl (C=O) groups excluding carboxylic acids is 3. The van der Waals surface area contributed by atoms with Crippen molar-refractivity contribution in [3.63, 3.8) is 0 Å². The van der Waals surface area contributed by atoms with Crippen molar-refractivity contribution in [3.8, 4) is 5.75 Å². The summed E-state index contributed by atoms with van der Waals surface area (Å²) < 4.78 is 18.5. The van der Waals surface area contributed by atoms with E-state index in [0.717, 1.165) is 5.56 Å². The first-order chi connectivity index (χ1) is 17.8. The number of hydrogen-bond donors (Lipinski definition) is 2. The Morgan fingerprint density at radius 2 is 1.76 bits per heavy atom. The molecule has 37 heavy (non-hydrogen) atoms. The van der Waals surface area contributed by atoms with E-state index in [1.165, 1.54) is 34.1 Å². The van der Waals surface area contributed by atoms with Crippen molar-refractivity contribution in [1.29, 1.82) is 0 Å². The van der Waals surface area contributed by atoms with Crippen molar-refractivity contribution < 1.29 is 23.5 Å². The summed E-state index contributed by atoms with van der Waals surface area (Å²) in [5, 5.41) is 6.07. The van der Waals surface area contributed by atoms with Crippen molar-refractivity contribution in [1.82, 2.24) is 15.1 Å². The monoisotopic (exact) mass is 524 g/mol. The third-order valence-corrected chi connectivity index (χ3v) is 6.27. The topological polar surface area (TPSA) is 91.0 Å². The number of nitrogens with zero attached hydrogens (tertiary/aromatic N) is 2. The van der Waals surface area contributed by atoms with Gasteiger partial charge in [0, 0.05) is 35.9 Å². The highest BCUT2D eigenvalue weighted by atomic mass is 35.5. The van der Waals surface area contributed by atoms with Gasteiger partial charge in [-0.05, 0) is 66.2 Å². The SMILES string of the molecule is COc1cccc(CNC(=O)C2CN(C(=O)Nc3ccc(F)cc3)CCN2C(=O)c2ccc(Cl)cc2)c1. The Morgan fingerprint density at radius 3 is 2.46 bits per heavy atom. The molecule has 8 nitrogen and oxygen atoms in total. The molecule has 1 atom stereocenters. The molecule has 0 aliphatic carbocycles. The zero-order chi connectivity index (χ0) is 26.4. The van der Waals surface area contributed by atoms with Gasteiger partial charge in [0.05, 0.1) is 13.7 Å². The Morgan fingerprint density at radius 1 is 1.03 bits per heavy atom. The van der Waals surface area contributed by atoms with Gasteiger partial charge in [-0.15, -0.1) is 0 Å². The third kappa shape index (κ3) is 6.56. The normalized spacial score (nSPS) is 15.2. The molecule has 192 valence electrons. The highest BCUT2D eigenvalue weighted by Gasteiger charge is 2.37. The van der Waals surface area contributed by atoms with Gasteiger partial charge in [-0.3, -0.25) is 9.59 Å². The minimum atomic E-state index is -0.929. The number of anilines is 1. The fourth-order valence-electron chi connectivity index (χ4n) is 4.02. The first-order valence-electron chi connectivity index (χ1n) is 11.6. The van der Waals surface area contributed by atoms with Crippen LogP contribution < -0.4 is 15.4 Å². The summed E-state index contributed by atoms with van der Waals surface area (Å²) in [5.41, 5.74) is 1.63. The van der Waals surface area contributed by atoms with E-state index in [-0.39, 0.29) is 32.1 Å². The number of ether oxygens (including phenoxy) is 1. The Labute approximate surface area is 219 Å². The maximum absolute atomic E-state index is 13.3. The van der Waals surface area contributed by atoms with Crippen molar-refractivity contribution in [2.45, 2.75) is 12.6 Å². The molecule has 0 aromatic heterocycles. The van der Waals surface area contributed by atoms with Crippen LogP contribution in [0.3, 0.4) is 0 Å². The minimum Gasteiger partial charge on any atom is -0.497 e. The summed E-state index contributed by atoms with van der Waals surface area (Å²) in [6.45, 7) is 0.565. The van der Waals surface area contributed by atoms with E-state index in [1.807, 2.05) is 12.1 Å². The van der Waals surface area contributed by atoms with Gasteiger partial charge in [-0.1, -0.05) is 23.7 Å². The van der Waals surface area contributed by atoms with Gasteiger partial charge < -0.3 is 25.2 Å². The predicted molar refractivity (Wildman–Crippen MR) is 138 cm³/mol. The number of benzene rings is 3. The van der Waals surface area contributed by atoms with Crippen LogP contribution in [0.5, 0.6) is 5.75 Å². The Bertz CT molecular complexity index is 1270. The Hall–Kier alpha value is -4.11. The van der Waals surface area contributed by atoms with Crippen molar-refractivity contribution in [2.24, 2.45) is 0 Å². The summed E-state index contributed by atoms with van der Waals surface area (Å²) in [5.74, 6) is -0.492. The summed E-state index contributed by atoms with van der Waals surface area (Å²) in [7, 11) is 1.56. The van der Waals surface area contributed by atoms with Gasteiger partial charge in [0.25, 0.3) is 5.91 Å². The summed E-state index contributed by atoms with van der Waals surface area (Å²) >= 11 is 5.96. The standard InChI is InChI=1S/C27H26ClFN4O4/c1-37-23-4-2-3-18(15-23)16-30-25(34)24-17-32(27(36)31-22-11-9-21(29)10-12-22)13-14-33(24)26(35)19-5-7-20(28)8-6-19/h2-12,15,24H,13-14,16-17H2,1H3,(H,30,34)(H,31,36). The van der Waals surface area contributed by atoms with Crippen LogP contribution in [0.4, 0.5) is 14.9 Å². The van der Waals surface area contributed by atoms with Gasteiger partial charge in [0.2, 0.25) is 5.91 Å². The molecule has 0 saturated carbocycles. The second kappa shape index (κ2) is 11.7. The zero-order valence-electron chi connectivity index (χ0n) is 20.1. The fraction of sp³-hybridized carbons (Fsp3) is 0.222. The van der Waals surface area contributed by atoms with Gasteiger partial charge in [-0.25, -0.2) is 9.18 Å². The molecule has 1 unspecified atom stereocenters. The van der Waals surface area contributed by atoms with Gasteiger partial charge >= 0.3 is 6.03 Å². The van der Waals surface area contributed by atoms with Crippen LogP contribution in [0.1, 0.15) is 15.9 Å². The molecule has 0 spiro atoms. The van der Waals surface area contributed by atoms with Crippen LogP contribution in [0.25, 0.3) is 0 Å². The second-order valence-corrected chi connectivity index (χ2v) is 8.91. The molecule has 1 heterocycles. The van der Waals surface area contributed by atoms with Crippen LogP contribution in [-0.4, -0.2) is 60.4 Å². The summed E-state index contributed by atoms with van der Waals surface area (Å²) in [4.78, 5) is 42.5. The zero-order valence-corrected chi connectivity index (χ0v) is 20.9. The number of urea groups is 1. The number of piperazine rings is 1. The predicted octanol–water partition coefficient (Wildman–Crippen LogP) is 4.16. The lowest BCUT2D eigenvalue weighted by atomic mass is 10.1. The van der Waals surface area contributed by atoms with Crippen LogP contribution in [-0.2, 0) is 11.3 Å². The average Bonchev–Trinajstić information content (AvgIpc) is 2.92. The van der Waals surface area contributed by atoms with Crippen molar-refractivity contribution in [2.75, 3.05) is 32.1 Å². The maximum atomic E-state index is 13.3. The van der Waals surface area contributed by atoms with E-state index in [1.54, 1.807) is 43.5 Å². The number of halogens is 2. The molecular formula is C27H26ClFN4O4. The summed E-state index contributed by atoms with van der Waals surface area (Å²) in [6, 6.07) is 17.7. The largest absolute Gasteiger partial charge is 0.497 e. The molecule has 1 saturated heterocycles. The van der Waals surface area contributed by atoms with E-state index < -0.39 is 23.8 Å². The first-order valence-corrected chi connectivity index (χ1v) is 12.0. The molecule has 0 radical (unpaired) electrons. The lowest BCUT2D eigenvalue weighted by Crippen LogP contribution is -2.62. The van der Waals surface area contributed by atoms with Crippen LogP contribution >= 0.6 is 11.6 Å². The second-order valence-electron chi connectivity index (χ2n) is 8.47. The number of rotatable bonds is 6. The van der Waals surface area contributed by atoms with Gasteiger partial charge in [0.1, 0.15) is 17.6 Å². The van der Waals surface area contributed by atoms with E-state index in [0.29, 0.717) is 22.0 Å². The lowest BCUT2D eigenvalue weighted by Gasteiger charge is -2.40. The van der Waals surface area contributed by atoms with E-state index in [2.05, 4.69) is 10.6 Å². The van der Waals surface area contributed by atoms with E-state index >= 15 is 0 Å². The summed E-state index contributed by atoms with van der Waals surface area (Å²) in [6.07, 6.45) is 0. The number of amides is 4. The number of carbonyl (C=O) groups is 3. The quantitative estimate of drug-likeness (QED) is 0.506. The fourth-order valence-corrected chi connectivity index (χ4v) is 4.14. The molecule has 0 bridgehead atoms. The number of hydrogen-bond acceptors (Lipinski definition) is 4. The molecule has 3 aromatic rings. The average molecular weight is 525 g/mol. The Kier molecular flexibility index (Phi) is 8.25. The first kappa shape index (κ1) is 26.0. The molecule has 1 aliphatic heterocycles. The van der Waals surface area contributed by atoms with E-state index in [9.17, 15) is 18.8 Å². The third-order valence-electron chi connectivity index (χ3n) is 6.02. The molecule has 4 rings (SSSR count). The molecule has 1 aliphatic rings. The molecule has 3 aromatic carbocycles. The van der Waals surface area contributed by atoms with Crippen LogP contribution in [0, 0.1) is 5.82 Å². The highest BCUT2D eigenvalue weighted by molar-refractivity contribution is 6.30. The van der Waals surface area contributed by atoms with Crippen LogP contribution in [0.15, 0.2) is 72.8 Å². The maximum Gasteiger partial charge on any atom is 0.321 e. The molecular weight excluding hydrogens is 499 g/mol. The molecule has 10 heteroatoms. The highest BCUT2D eigenvalue weighted by Crippen LogP contribution is 2.19. The number of nitrogens with one attached hydrogen (secondary N) is 2. The van der Waals surface area contributed by atoms with Crippen molar-refractivity contribution in [3.05, 3.63) is 94.8 Å².